The third-order valence-electron chi connectivity index (χ3n) is 7.25. The van der Waals surface area contributed by atoms with Crippen LogP contribution < -0.4 is 14.2 Å². The van der Waals surface area contributed by atoms with Gasteiger partial charge in [-0.15, -0.1) is 0 Å². The van der Waals surface area contributed by atoms with Gasteiger partial charge in [0.1, 0.15) is 6.61 Å². The van der Waals surface area contributed by atoms with E-state index in [1.165, 1.54) is 25.4 Å². The molecule has 0 saturated heterocycles. The van der Waals surface area contributed by atoms with Crippen molar-refractivity contribution in [2.45, 2.75) is 58.5 Å². The minimum absolute atomic E-state index is 0.0850. The summed E-state index contributed by atoms with van der Waals surface area (Å²) in [7, 11) is -2.66. The summed E-state index contributed by atoms with van der Waals surface area (Å²) in [6.07, 6.45) is 3.62. The number of carbonyl (C=O) groups excluding carboxylic acids is 1. The molecule has 44 heavy (non-hydrogen) atoms. The summed E-state index contributed by atoms with van der Waals surface area (Å²) < 4.78 is 41.1. The van der Waals surface area contributed by atoms with Crippen molar-refractivity contribution in [2.24, 2.45) is 5.41 Å². The molecule has 0 fully saturated rings. The lowest BCUT2D eigenvalue weighted by molar-refractivity contribution is 0.0509. The molecule has 11 nitrogen and oxygen atoms in total. The Balaban J connectivity index is 1.67. The summed E-state index contributed by atoms with van der Waals surface area (Å²) in [6.45, 7) is 10.4. The number of nitrogens with zero attached hydrogens (tertiary/aromatic N) is 5. The molecule has 0 radical (unpaired) electrons. The molecule has 0 unspecified atom stereocenters. The number of sulfonamides is 1. The molecule has 1 atom stereocenters. The Labute approximate surface area is 257 Å². The Morgan fingerprint density at radius 1 is 1.02 bits per heavy atom. The van der Waals surface area contributed by atoms with Crippen molar-refractivity contribution in [3.05, 3.63) is 83.3 Å². The summed E-state index contributed by atoms with van der Waals surface area (Å²) in [5.74, 6) is 0.0285. The number of nitrogens with one attached hydrogen (secondary N) is 1. The summed E-state index contributed by atoms with van der Waals surface area (Å²) in [4.78, 5) is 33.5. The Morgan fingerprint density at radius 3 is 2.41 bits per heavy atom. The van der Waals surface area contributed by atoms with Crippen LogP contribution in [0.4, 0.5) is 5.95 Å². The first kappa shape index (κ1) is 30.9. The molecule has 3 heterocycles. The van der Waals surface area contributed by atoms with Gasteiger partial charge in [0.05, 0.1) is 48.4 Å². The highest BCUT2D eigenvalue weighted by Gasteiger charge is 2.32. The van der Waals surface area contributed by atoms with Crippen LogP contribution in [0.25, 0.3) is 11.3 Å². The van der Waals surface area contributed by atoms with E-state index in [9.17, 15) is 13.2 Å². The number of rotatable bonds is 5. The summed E-state index contributed by atoms with van der Waals surface area (Å²) >= 11 is 0. The topological polar surface area (TPSA) is 136 Å². The molecule has 4 aromatic rings. The van der Waals surface area contributed by atoms with Crippen LogP contribution in [0.15, 0.2) is 65.8 Å². The normalized spacial score (nSPS) is 16.5. The molecule has 2 aromatic heterocycles. The van der Waals surface area contributed by atoms with Crippen molar-refractivity contribution in [3.8, 4) is 23.0 Å². The fraction of sp³-hybridized carbons (Fsp3) is 0.344. The zero-order valence-electron chi connectivity index (χ0n) is 25.7. The van der Waals surface area contributed by atoms with E-state index in [2.05, 4.69) is 45.4 Å². The summed E-state index contributed by atoms with van der Waals surface area (Å²) in [6, 6.07) is 13.1. The average Bonchev–Trinajstić information content (AvgIpc) is 2.97. The van der Waals surface area contributed by atoms with E-state index >= 15 is 0 Å². The number of aromatic nitrogens is 4. The molecular formula is C32H36N6O5S. The number of carbonyl (C=O) groups is 1. The number of aryl methyl sites for hydroxylation is 2. The molecule has 1 aliphatic heterocycles. The van der Waals surface area contributed by atoms with Gasteiger partial charge >= 0.3 is 0 Å². The van der Waals surface area contributed by atoms with Crippen molar-refractivity contribution in [1.82, 2.24) is 24.8 Å². The molecule has 4 bridgehead atoms. The molecule has 2 aromatic carbocycles. The van der Waals surface area contributed by atoms with Gasteiger partial charge in [0.15, 0.2) is 0 Å². The zero-order valence-corrected chi connectivity index (χ0v) is 26.5. The third kappa shape index (κ3) is 6.96. The van der Waals surface area contributed by atoms with Crippen LogP contribution in [0.2, 0.25) is 0 Å². The van der Waals surface area contributed by atoms with Gasteiger partial charge in [-0.25, -0.2) is 23.1 Å². The van der Waals surface area contributed by atoms with E-state index in [4.69, 9.17) is 9.47 Å². The predicted molar refractivity (Wildman–Crippen MR) is 166 cm³/mol. The van der Waals surface area contributed by atoms with Crippen molar-refractivity contribution >= 4 is 21.9 Å². The maximum absolute atomic E-state index is 14.2. The van der Waals surface area contributed by atoms with Gasteiger partial charge in [-0.2, -0.15) is 4.98 Å². The average molecular weight is 617 g/mol. The SMILES string of the molecule is COc1cnc(CN2C(=O)c3cccc(c3)S(=O)(=O)Nc3nc(cc(-c4c(C)cccc4C)n3)OC[C@H]2CC(C)(C)C)cn1. The van der Waals surface area contributed by atoms with E-state index in [0.717, 1.165) is 16.7 Å². The van der Waals surface area contributed by atoms with Gasteiger partial charge in [0.25, 0.3) is 15.9 Å². The highest BCUT2D eigenvalue weighted by molar-refractivity contribution is 7.92. The monoisotopic (exact) mass is 616 g/mol. The molecule has 12 heteroatoms. The number of amides is 1. The number of anilines is 1. The van der Waals surface area contributed by atoms with Gasteiger partial charge in [0.2, 0.25) is 17.7 Å². The third-order valence-corrected chi connectivity index (χ3v) is 8.58. The maximum atomic E-state index is 14.2. The molecule has 230 valence electrons. The number of benzene rings is 2. The minimum atomic E-state index is -4.17. The minimum Gasteiger partial charge on any atom is -0.480 e. The van der Waals surface area contributed by atoms with E-state index in [-0.39, 0.29) is 46.8 Å². The van der Waals surface area contributed by atoms with Crippen molar-refractivity contribution < 1.29 is 22.7 Å². The molecule has 5 rings (SSSR count). The van der Waals surface area contributed by atoms with Crippen LogP contribution >= 0.6 is 0 Å². The van der Waals surface area contributed by atoms with Crippen LogP contribution in [0.3, 0.4) is 0 Å². The van der Waals surface area contributed by atoms with Crippen LogP contribution in [0.5, 0.6) is 11.8 Å². The van der Waals surface area contributed by atoms with E-state index < -0.39 is 16.1 Å². The molecule has 0 aliphatic carbocycles. The lowest BCUT2D eigenvalue weighted by Gasteiger charge is -2.35. The van der Waals surface area contributed by atoms with Crippen LogP contribution in [-0.4, -0.2) is 58.9 Å². The van der Waals surface area contributed by atoms with Crippen molar-refractivity contribution in [3.63, 3.8) is 0 Å². The molecule has 0 saturated carbocycles. The first-order valence-corrected chi connectivity index (χ1v) is 15.7. The largest absolute Gasteiger partial charge is 0.480 e. The van der Waals surface area contributed by atoms with Crippen LogP contribution in [0, 0.1) is 19.3 Å². The second-order valence-electron chi connectivity index (χ2n) is 12.0. The van der Waals surface area contributed by atoms with E-state index in [0.29, 0.717) is 23.7 Å². The van der Waals surface area contributed by atoms with Gasteiger partial charge in [-0.1, -0.05) is 45.0 Å². The second kappa shape index (κ2) is 12.2. The fourth-order valence-electron chi connectivity index (χ4n) is 5.25. The van der Waals surface area contributed by atoms with E-state index in [1.54, 1.807) is 29.3 Å². The summed E-state index contributed by atoms with van der Waals surface area (Å²) in [5, 5.41) is 0. The fourth-order valence-corrected chi connectivity index (χ4v) is 6.24. The van der Waals surface area contributed by atoms with Crippen LogP contribution in [-0.2, 0) is 16.6 Å². The lowest BCUT2D eigenvalue weighted by atomic mass is 9.87. The standard InChI is InChI=1S/C32H36N6O5S/c1-20-9-7-10-21(2)29(20)26-14-27-36-31(35-26)37-44(40,41)25-12-8-11-22(13-25)30(39)38(24(19-43-27)15-32(3,4)5)18-23-16-34-28(42-6)17-33-23/h7-14,16-17,24H,15,18-19H2,1-6H3,(H,35,36,37)/t24-/m1/s1. The predicted octanol–water partition coefficient (Wildman–Crippen LogP) is 5.20. The van der Waals surface area contributed by atoms with E-state index in [1.807, 2.05) is 32.0 Å². The Hall–Kier alpha value is -4.58. The number of ether oxygens (including phenoxy) is 2. The quantitative estimate of drug-likeness (QED) is 0.321. The van der Waals surface area contributed by atoms with Crippen LogP contribution in [0.1, 0.15) is 54.4 Å². The number of fused-ring (bicyclic) bond motifs is 4. The summed E-state index contributed by atoms with van der Waals surface area (Å²) in [5.41, 5.74) is 3.85. The first-order valence-electron chi connectivity index (χ1n) is 14.2. The van der Waals surface area contributed by atoms with Crippen molar-refractivity contribution in [1.29, 1.82) is 0 Å². The number of hydrogen-bond acceptors (Lipinski definition) is 9. The number of hydrogen-bond donors (Lipinski definition) is 1. The van der Waals surface area contributed by atoms with Gasteiger partial charge in [-0.05, 0) is 55.0 Å². The lowest BCUT2D eigenvalue weighted by Crippen LogP contribution is -2.45. The first-order chi connectivity index (χ1) is 20.8. The Bertz CT molecular complexity index is 1770. The zero-order chi connectivity index (χ0) is 31.6. The molecule has 1 N–H and O–H groups in total. The Kier molecular flexibility index (Phi) is 8.55. The highest BCUT2D eigenvalue weighted by atomic mass is 32.2. The maximum Gasteiger partial charge on any atom is 0.264 e. The second-order valence-corrected chi connectivity index (χ2v) is 13.7. The van der Waals surface area contributed by atoms with Gasteiger partial charge < -0.3 is 14.4 Å². The molecular weight excluding hydrogens is 580 g/mol. The smallest absolute Gasteiger partial charge is 0.264 e. The molecule has 1 amide bonds. The van der Waals surface area contributed by atoms with Gasteiger partial charge in [-0.3, -0.25) is 9.78 Å². The highest BCUT2D eigenvalue weighted by Crippen LogP contribution is 2.31. The molecule has 0 spiro atoms. The van der Waals surface area contributed by atoms with Gasteiger partial charge in [0, 0.05) is 17.2 Å². The molecule has 1 aliphatic rings. The van der Waals surface area contributed by atoms with Crippen molar-refractivity contribution in [2.75, 3.05) is 18.4 Å². The number of methoxy groups -OCH3 is 1. The Morgan fingerprint density at radius 2 is 1.75 bits per heavy atom.